The minimum absolute atomic E-state index is 0.0246. The van der Waals surface area contributed by atoms with Gasteiger partial charge in [0.1, 0.15) is 6.10 Å². The molecule has 0 aliphatic carbocycles. The molecule has 0 aliphatic heterocycles. The van der Waals surface area contributed by atoms with Crippen molar-refractivity contribution in [2.24, 2.45) is 0 Å². The molecule has 0 aliphatic rings. The molecule has 1 N–H and O–H groups in total. The van der Waals surface area contributed by atoms with E-state index in [2.05, 4.69) is 30.4 Å². The Morgan fingerprint density at radius 1 is 1.05 bits per heavy atom. The fraction of sp³-hybridized carbons (Fsp3) is 0.333. The number of benzene rings is 2. The number of nitrogens with one attached hydrogen (secondary N) is 1. The summed E-state index contributed by atoms with van der Waals surface area (Å²) in [4.78, 5) is 0. The molecule has 0 bridgehead atoms. The zero-order valence-electron chi connectivity index (χ0n) is 12.9. The Morgan fingerprint density at radius 3 is 2.48 bits per heavy atom. The van der Waals surface area contributed by atoms with E-state index in [9.17, 15) is 0 Å². The molecule has 112 valence electrons. The second kappa shape index (κ2) is 7.70. The molecule has 0 aromatic heterocycles. The summed E-state index contributed by atoms with van der Waals surface area (Å²) in [5.74, 6) is 1.62. The standard InChI is InChI=1S/C18H23NO2/c1-4-20-17-12-8-11-16(13-19-3)18(17)21-14(2)15-9-6-5-7-10-15/h5-12,14,19H,4,13H2,1-3H3. The van der Waals surface area contributed by atoms with Crippen molar-refractivity contribution in [1.82, 2.24) is 5.32 Å². The van der Waals surface area contributed by atoms with Gasteiger partial charge in [0, 0.05) is 12.1 Å². The molecule has 0 saturated carbocycles. The molecule has 0 spiro atoms. The molecule has 1 unspecified atom stereocenters. The molecular weight excluding hydrogens is 262 g/mol. The minimum Gasteiger partial charge on any atom is -0.490 e. The van der Waals surface area contributed by atoms with Gasteiger partial charge in [-0.05, 0) is 32.5 Å². The van der Waals surface area contributed by atoms with Crippen molar-refractivity contribution >= 4 is 0 Å². The summed E-state index contributed by atoms with van der Waals surface area (Å²) in [6, 6.07) is 16.2. The zero-order valence-corrected chi connectivity index (χ0v) is 12.9. The summed E-state index contributed by atoms with van der Waals surface area (Å²) >= 11 is 0. The molecule has 0 saturated heterocycles. The molecule has 2 rings (SSSR count). The van der Waals surface area contributed by atoms with Crippen LogP contribution in [0.2, 0.25) is 0 Å². The van der Waals surface area contributed by atoms with E-state index in [1.807, 2.05) is 44.3 Å². The normalized spacial score (nSPS) is 12.0. The van der Waals surface area contributed by atoms with E-state index in [1.165, 1.54) is 0 Å². The van der Waals surface area contributed by atoms with Crippen LogP contribution in [0, 0.1) is 0 Å². The third kappa shape index (κ3) is 3.99. The molecule has 2 aromatic rings. The largest absolute Gasteiger partial charge is 0.490 e. The lowest BCUT2D eigenvalue weighted by atomic mass is 10.1. The van der Waals surface area contributed by atoms with Crippen LogP contribution in [0.3, 0.4) is 0 Å². The fourth-order valence-corrected chi connectivity index (χ4v) is 2.26. The zero-order chi connectivity index (χ0) is 15.1. The van der Waals surface area contributed by atoms with Gasteiger partial charge in [0.2, 0.25) is 0 Å². The molecular formula is C18H23NO2. The monoisotopic (exact) mass is 285 g/mol. The van der Waals surface area contributed by atoms with Gasteiger partial charge in [0.25, 0.3) is 0 Å². The SMILES string of the molecule is CCOc1cccc(CNC)c1OC(C)c1ccccc1. The van der Waals surface area contributed by atoms with Crippen LogP contribution in [0.5, 0.6) is 11.5 Å². The first kappa shape index (κ1) is 15.4. The Hall–Kier alpha value is -2.00. The van der Waals surface area contributed by atoms with Crippen LogP contribution in [-0.2, 0) is 6.54 Å². The van der Waals surface area contributed by atoms with Crippen molar-refractivity contribution in [2.45, 2.75) is 26.5 Å². The fourth-order valence-electron chi connectivity index (χ4n) is 2.26. The van der Waals surface area contributed by atoms with Crippen molar-refractivity contribution in [2.75, 3.05) is 13.7 Å². The Kier molecular flexibility index (Phi) is 5.64. The predicted molar refractivity (Wildman–Crippen MR) is 85.9 cm³/mol. The molecule has 3 nitrogen and oxygen atoms in total. The molecule has 0 fully saturated rings. The smallest absolute Gasteiger partial charge is 0.166 e. The molecule has 0 heterocycles. The summed E-state index contributed by atoms with van der Waals surface area (Å²) in [6.45, 7) is 5.41. The van der Waals surface area contributed by atoms with E-state index >= 15 is 0 Å². The number of ether oxygens (including phenoxy) is 2. The second-order valence-electron chi connectivity index (χ2n) is 4.88. The summed E-state index contributed by atoms with van der Waals surface area (Å²) in [6.07, 6.45) is -0.0246. The van der Waals surface area contributed by atoms with Crippen molar-refractivity contribution in [3.63, 3.8) is 0 Å². The van der Waals surface area contributed by atoms with Crippen molar-refractivity contribution in [1.29, 1.82) is 0 Å². The minimum atomic E-state index is -0.0246. The molecule has 21 heavy (non-hydrogen) atoms. The van der Waals surface area contributed by atoms with Crippen LogP contribution in [0.25, 0.3) is 0 Å². The molecule has 0 amide bonds. The van der Waals surface area contributed by atoms with Gasteiger partial charge in [-0.25, -0.2) is 0 Å². The third-order valence-corrected chi connectivity index (χ3v) is 3.29. The summed E-state index contributed by atoms with van der Waals surface area (Å²) < 4.78 is 11.9. The molecule has 2 aromatic carbocycles. The number of hydrogen-bond donors (Lipinski definition) is 1. The maximum atomic E-state index is 6.20. The van der Waals surface area contributed by atoms with Crippen LogP contribution in [-0.4, -0.2) is 13.7 Å². The van der Waals surface area contributed by atoms with Gasteiger partial charge in [-0.1, -0.05) is 42.5 Å². The summed E-state index contributed by atoms with van der Waals surface area (Å²) in [7, 11) is 1.93. The number of para-hydroxylation sites is 1. The van der Waals surface area contributed by atoms with Gasteiger partial charge in [0.15, 0.2) is 11.5 Å². The summed E-state index contributed by atoms with van der Waals surface area (Å²) in [5.41, 5.74) is 2.26. The van der Waals surface area contributed by atoms with Crippen LogP contribution in [0.4, 0.5) is 0 Å². The first-order valence-electron chi connectivity index (χ1n) is 7.37. The van der Waals surface area contributed by atoms with Gasteiger partial charge in [0.05, 0.1) is 6.61 Å². The van der Waals surface area contributed by atoms with Gasteiger partial charge in [-0.15, -0.1) is 0 Å². The average molecular weight is 285 g/mol. The van der Waals surface area contributed by atoms with Gasteiger partial charge >= 0.3 is 0 Å². The Morgan fingerprint density at radius 2 is 1.81 bits per heavy atom. The van der Waals surface area contributed by atoms with Crippen LogP contribution in [0.1, 0.15) is 31.1 Å². The van der Waals surface area contributed by atoms with Crippen LogP contribution in [0.15, 0.2) is 48.5 Å². The van der Waals surface area contributed by atoms with E-state index in [0.29, 0.717) is 6.61 Å². The van der Waals surface area contributed by atoms with E-state index in [4.69, 9.17) is 9.47 Å². The van der Waals surface area contributed by atoms with E-state index in [-0.39, 0.29) is 6.10 Å². The van der Waals surface area contributed by atoms with Crippen molar-refractivity contribution in [3.8, 4) is 11.5 Å². The lowest BCUT2D eigenvalue weighted by Crippen LogP contribution is -2.11. The van der Waals surface area contributed by atoms with E-state index < -0.39 is 0 Å². The van der Waals surface area contributed by atoms with Crippen molar-refractivity contribution < 1.29 is 9.47 Å². The Labute approximate surface area is 126 Å². The lowest BCUT2D eigenvalue weighted by molar-refractivity contribution is 0.208. The molecule has 0 radical (unpaired) electrons. The molecule has 3 heteroatoms. The van der Waals surface area contributed by atoms with Gasteiger partial charge < -0.3 is 14.8 Å². The highest BCUT2D eigenvalue weighted by atomic mass is 16.5. The highest BCUT2D eigenvalue weighted by molar-refractivity contribution is 5.47. The first-order valence-corrected chi connectivity index (χ1v) is 7.37. The predicted octanol–water partition coefficient (Wildman–Crippen LogP) is 3.94. The van der Waals surface area contributed by atoms with Crippen LogP contribution >= 0.6 is 0 Å². The average Bonchev–Trinajstić information content (AvgIpc) is 2.51. The van der Waals surface area contributed by atoms with Crippen LogP contribution < -0.4 is 14.8 Å². The van der Waals surface area contributed by atoms with Crippen molar-refractivity contribution in [3.05, 3.63) is 59.7 Å². The van der Waals surface area contributed by atoms with Gasteiger partial charge in [-0.3, -0.25) is 0 Å². The Balaban J connectivity index is 2.28. The third-order valence-electron chi connectivity index (χ3n) is 3.29. The second-order valence-corrected chi connectivity index (χ2v) is 4.88. The van der Waals surface area contributed by atoms with E-state index in [0.717, 1.165) is 29.2 Å². The number of rotatable bonds is 7. The Bertz CT molecular complexity index is 530. The van der Waals surface area contributed by atoms with E-state index in [1.54, 1.807) is 0 Å². The number of hydrogen-bond acceptors (Lipinski definition) is 3. The highest BCUT2D eigenvalue weighted by Gasteiger charge is 2.15. The van der Waals surface area contributed by atoms with Gasteiger partial charge in [-0.2, -0.15) is 0 Å². The maximum absolute atomic E-state index is 6.20. The lowest BCUT2D eigenvalue weighted by Gasteiger charge is -2.20. The highest BCUT2D eigenvalue weighted by Crippen LogP contribution is 2.34. The summed E-state index contributed by atoms with van der Waals surface area (Å²) in [5, 5.41) is 3.17. The topological polar surface area (TPSA) is 30.5 Å². The quantitative estimate of drug-likeness (QED) is 0.835. The molecule has 1 atom stereocenters. The maximum Gasteiger partial charge on any atom is 0.166 e. The first-order chi connectivity index (χ1) is 10.3.